The molecule has 1 aliphatic rings. The molecule has 1 aromatic carbocycles. The largest absolute Gasteiger partial charge is 0.332 e. The molecule has 1 aliphatic heterocycles. The van der Waals surface area contributed by atoms with E-state index in [0.717, 1.165) is 24.8 Å². The Morgan fingerprint density at radius 1 is 1.16 bits per heavy atom. The van der Waals surface area contributed by atoms with E-state index in [1.165, 1.54) is 18.3 Å². The lowest BCUT2D eigenvalue weighted by molar-refractivity contribution is 0.0611. The Balaban J connectivity index is 1.87. The zero-order valence-electron chi connectivity index (χ0n) is 13.4. The number of carbonyl (C=O) groups is 1. The minimum atomic E-state index is -3.88. The molecule has 0 bridgehead atoms. The van der Waals surface area contributed by atoms with Gasteiger partial charge in [0, 0.05) is 17.8 Å². The highest BCUT2D eigenvalue weighted by atomic mass is 35.5. The molecule has 2 N–H and O–H groups in total. The van der Waals surface area contributed by atoms with Crippen molar-refractivity contribution in [3.05, 3.63) is 58.7 Å². The van der Waals surface area contributed by atoms with E-state index in [4.69, 9.17) is 16.7 Å². The molecule has 132 valence electrons. The zero-order chi connectivity index (χ0) is 18.0. The highest BCUT2D eigenvalue weighted by molar-refractivity contribution is 7.89. The Bertz CT molecular complexity index is 867. The molecule has 2 aromatic rings. The van der Waals surface area contributed by atoms with Crippen LogP contribution in [0.3, 0.4) is 0 Å². The average Bonchev–Trinajstić information content (AvgIpc) is 2.61. The van der Waals surface area contributed by atoms with Crippen molar-refractivity contribution in [2.45, 2.75) is 30.3 Å². The number of pyridine rings is 1. The van der Waals surface area contributed by atoms with Gasteiger partial charge in [0.1, 0.15) is 0 Å². The number of halogens is 1. The van der Waals surface area contributed by atoms with Crippen LogP contribution in [-0.2, 0) is 10.0 Å². The molecular weight excluding hydrogens is 362 g/mol. The van der Waals surface area contributed by atoms with Crippen molar-refractivity contribution in [3.63, 3.8) is 0 Å². The number of hydrogen-bond donors (Lipinski definition) is 1. The minimum Gasteiger partial charge on any atom is -0.332 e. The third kappa shape index (κ3) is 4.00. The Labute approximate surface area is 151 Å². The van der Waals surface area contributed by atoms with Crippen molar-refractivity contribution >= 4 is 27.5 Å². The number of nitrogens with zero attached hydrogens (tertiary/aromatic N) is 2. The molecule has 3 rings (SSSR count). The third-order valence-electron chi connectivity index (χ3n) is 4.29. The fourth-order valence-electron chi connectivity index (χ4n) is 3.05. The summed E-state index contributed by atoms with van der Waals surface area (Å²) in [5.74, 6) is -0.173. The summed E-state index contributed by atoms with van der Waals surface area (Å²) in [4.78, 5) is 18.5. The fourth-order valence-corrected chi connectivity index (χ4v) is 3.63. The molecule has 0 radical (unpaired) electrons. The van der Waals surface area contributed by atoms with Crippen LogP contribution in [0.2, 0.25) is 5.02 Å². The molecule has 1 amide bonds. The molecule has 8 heteroatoms. The topological polar surface area (TPSA) is 93.4 Å². The standard InChI is InChI=1S/C17H18ClN3O3S/c18-14-7-4-12(5-8-14)15-3-1-2-10-21(15)17(22)13-6-9-16(20-11-13)25(19,23)24/h4-9,11,15H,1-3,10H2,(H2,19,23,24). The molecule has 1 saturated heterocycles. The first-order valence-corrected chi connectivity index (χ1v) is 9.84. The van der Waals surface area contributed by atoms with Crippen LogP contribution in [0.5, 0.6) is 0 Å². The fraction of sp³-hybridized carbons (Fsp3) is 0.294. The van der Waals surface area contributed by atoms with Gasteiger partial charge in [0.15, 0.2) is 5.03 Å². The van der Waals surface area contributed by atoms with Gasteiger partial charge in [-0.05, 0) is 49.1 Å². The summed E-state index contributed by atoms with van der Waals surface area (Å²) in [7, 11) is -3.88. The van der Waals surface area contributed by atoms with Gasteiger partial charge in [0.2, 0.25) is 0 Å². The van der Waals surface area contributed by atoms with Gasteiger partial charge < -0.3 is 4.90 Å². The predicted molar refractivity (Wildman–Crippen MR) is 94.7 cm³/mol. The van der Waals surface area contributed by atoms with Crippen LogP contribution in [0.1, 0.15) is 41.2 Å². The van der Waals surface area contributed by atoms with E-state index in [1.54, 1.807) is 4.90 Å². The van der Waals surface area contributed by atoms with E-state index in [9.17, 15) is 13.2 Å². The molecule has 1 fully saturated rings. The summed E-state index contributed by atoms with van der Waals surface area (Å²) < 4.78 is 22.6. The zero-order valence-corrected chi connectivity index (χ0v) is 15.0. The number of amides is 1. The Kier molecular flexibility index (Phi) is 5.08. The van der Waals surface area contributed by atoms with Crippen LogP contribution in [0.15, 0.2) is 47.6 Å². The molecule has 0 saturated carbocycles. The first kappa shape index (κ1) is 17.8. The number of likely N-dealkylation sites (tertiary alicyclic amines) is 1. The number of carbonyl (C=O) groups excluding carboxylic acids is 1. The molecule has 1 aromatic heterocycles. The normalized spacial score (nSPS) is 18.2. The first-order chi connectivity index (χ1) is 11.9. The number of nitrogens with two attached hydrogens (primary N) is 1. The van der Waals surface area contributed by atoms with Crippen LogP contribution in [0, 0.1) is 0 Å². The van der Waals surface area contributed by atoms with Gasteiger partial charge in [0.05, 0.1) is 11.6 Å². The van der Waals surface area contributed by atoms with Crippen molar-refractivity contribution in [3.8, 4) is 0 Å². The lowest BCUT2D eigenvalue weighted by Crippen LogP contribution is -2.38. The summed E-state index contributed by atoms with van der Waals surface area (Å²) >= 11 is 5.95. The molecule has 6 nitrogen and oxygen atoms in total. The van der Waals surface area contributed by atoms with Gasteiger partial charge in [-0.3, -0.25) is 4.79 Å². The molecule has 1 atom stereocenters. The summed E-state index contributed by atoms with van der Waals surface area (Å²) in [5, 5.41) is 5.44. The van der Waals surface area contributed by atoms with Gasteiger partial charge in [-0.25, -0.2) is 18.5 Å². The Hall–Kier alpha value is -1.96. The number of piperidine rings is 1. The first-order valence-electron chi connectivity index (χ1n) is 7.91. The number of hydrogen-bond acceptors (Lipinski definition) is 4. The number of aromatic nitrogens is 1. The van der Waals surface area contributed by atoms with E-state index >= 15 is 0 Å². The molecule has 0 aliphatic carbocycles. The highest BCUT2D eigenvalue weighted by Gasteiger charge is 2.29. The lowest BCUT2D eigenvalue weighted by atomic mass is 9.94. The number of benzene rings is 1. The average molecular weight is 380 g/mol. The summed E-state index contributed by atoms with van der Waals surface area (Å²) in [6.07, 6.45) is 4.10. The quantitative estimate of drug-likeness (QED) is 0.887. The maximum Gasteiger partial charge on any atom is 0.255 e. The third-order valence-corrected chi connectivity index (χ3v) is 5.37. The van der Waals surface area contributed by atoms with E-state index in [0.29, 0.717) is 17.1 Å². The molecule has 2 heterocycles. The van der Waals surface area contributed by atoms with Crippen LogP contribution in [0.25, 0.3) is 0 Å². The Morgan fingerprint density at radius 2 is 1.88 bits per heavy atom. The van der Waals surface area contributed by atoms with Gasteiger partial charge in [-0.2, -0.15) is 0 Å². The molecular formula is C17H18ClN3O3S. The van der Waals surface area contributed by atoms with Gasteiger partial charge in [0.25, 0.3) is 15.9 Å². The second-order valence-electron chi connectivity index (χ2n) is 5.99. The van der Waals surface area contributed by atoms with Crippen molar-refractivity contribution in [1.82, 2.24) is 9.88 Å². The highest BCUT2D eigenvalue weighted by Crippen LogP contribution is 2.32. The summed E-state index contributed by atoms with van der Waals surface area (Å²) in [6.45, 7) is 0.642. The minimum absolute atomic E-state index is 0.0311. The number of sulfonamides is 1. The second kappa shape index (κ2) is 7.11. The van der Waals surface area contributed by atoms with E-state index in [2.05, 4.69) is 4.98 Å². The van der Waals surface area contributed by atoms with Gasteiger partial charge in [-0.15, -0.1) is 0 Å². The lowest BCUT2D eigenvalue weighted by Gasteiger charge is -2.36. The van der Waals surface area contributed by atoms with Crippen molar-refractivity contribution in [2.75, 3.05) is 6.54 Å². The van der Waals surface area contributed by atoms with Gasteiger partial charge >= 0.3 is 0 Å². The molecule has 25 heavy (non-hydrogen) atoms. The predicted octanol–water partition coefficient (Wildman–Crippen LogP) is 2.75. The van der Waals surface area contributed by atoms with E-state index in [1.807, 2.05) is 24.3 Å². The monoisotopic (exact) mass is 379 g/mol. The van der Waals surface area contributed by atoms with Crippen LogP contribution >= 0.6 is 11.6 Å². The second-order valence-corrected chi connectivity index (χ2v) is 7.94. The van der Waals surface area contributed by atoms with Crippen LogP contribution in [-0.4, -0.2) is 30.8 Å². The summed E-state index contributed by atoms with van der Waals surface area (Å²) in [5.41, 5.74) is 1.37. The maximum absolute atomic E-state index is 12.9. The number of primary sulfonamides is 1. The van der Waals surface area contributed by atoms with Crippen molar-refractivity contribution < 1.29 is 13.2 Å². The maximum atomic E-state index is 12.9. The van der Waals surface area contributed by atoms with Crippen LogP contribution in [0.4, 0.5) is 0 Å². The van der Waals surface area contributed by atoms with Crippen molar-refractivity contribution in [2.24, 2.45) is 5.14 Å². The van der Waals surface area contributed by atoms with E-state index in [-0.39, 0.29) is 17.0 Å². The molecule has 0 spiro atoms. The van der Waals surface area contributed by atoms with Crippen molar-refractivity contribution in [1.29, 1.82) is 0 Å². The molecule has 1 unspecified atom stereocenters. The SMILES string of the molecule is NS(=O)(=O)c1ccc(C(=O)N2CCCCC2c2ccc(Cl)cc2)cn1. The summed E-state index contributed by atoms with van der Waals surface area (Å²) in [6, 6.07) is 10.2. The Morgan fingerprint density at radius 3 is 2.48 bits per heavy atom. The smallest absolute Gasteiger partial charge is 0.255 e. The van der Waals surface area contributed by atoms with Crippen LogP contribution < -0.4 is 5.14 Å². The van der Waals surface area contributed by atoms with E-state index < -0.39 is 10.0 Å². The van der Waals surface area contributed by atoms with Gasteiger partial charge in [-0.1, -0.05) is 23.7 Å². The number of rotatable bonds is 3.